The molecule has 0 saturated carbocycles. The lowest BCUT2D eigenvalue weighted by Gasteiger charge is -2.13. The van der Waals surface area contributed by atoms with Gasteiger partial charge in [-0.15, -0.1) is 0 Å². The average Bonchev–Trinajstić information content (AvgIpc) is 2.44. The molecule has 0 spiro atoms. The topological polar surface area (TPSA) is 54.0 Å². The summed E-state index contributed by atoms with van der Waals surface area (Å²) in [6, 6.07) is 7.60. The van der Waals surface area contributed by atoms with Crippen molar-refractivity contribution in [2.24, 2.45) is 5.92 Å². The number of halogens is 1. The van der Waals surface area contributed by atoms with E-state index in [9.17, 15) is 4.79 Å². The van der Waals surface area contributed by atoms with Gasteiger partial charge in [-0.2, -0.15) is 0 Å². The molecule has 5 heteroatoms. The molecule has 1 amide bonds. The lowest BCUT2D eigenvalue weighted by molar-refractivity contribution is -0.118. The second-order valence-corrected chi connectivity index (χ2v) is 6.05. The van der Waals surface area contributed by atoms with Crippen LogP contribution in [0.15, 0.2) is 30.5 Å². The highest BCUT2D eigenvalue weighted by atomic mass is 35.5. The Bertz CT molecular complexity index is 658. The predicted molar refractivity (Wildman–Crippen MR) is 91.9 cm³/mol. The first-order chi connectivity index (χ1) is 10.4. The standard InChI is InChI=1S/C17H20ClN3O/c1-10(2)17(22)20-13-5-6-15(19-9-13)21-16-12(4)7-11(3)8-14(16)18/h5-10H,1-4H3,(H,19,21)(H,20,22). The molecule has 0 bridgehead atoms. The summed E-state index contributed by atoms with van der Waals surface area (Å²) in [5.41, 5.74) is 3.70. The van der Waals surface area contributed by atoms with Crippen molar-refractivity contribution in [1.82, 2.24) is 4.98 Å². The van der Waals surface area contributed by atoms with E-state index in [2.05, 4.69) is 21.7 Å². The maximum atomic E-state index is 11.6. The fraction of sp³-hybridized carbons (Fsp3) is 0.294. The summed E-state index contributed by atoms with van der Waals surface area (Å²) >= 11 is 6.27. The molecule has 2 rings (SSSR count). The number of nitrogens with one attached hydrogen (secondary N) is 2. The monoisotopic (exact) mass is 317 g/mol. The van der Waals surface area contributed by atoms with E-state index in [0.29, 0.717) is 16.5 Å². The molecule has 2 aromatic rings. The number of pyridine rings is 1. The molecule has 0 aliphatic rings. The summed E-state index contributed by atoms with van der Waals surface area (Å²) in [5.74, 6) is 0.586. The Balaban J connectivity index is 2.14. The van der Waals surface area contributed by atoms with Gasteiger partial charge in [-0.05, 0) is 43.2 Å². The van der Waals surface area contributed by atoms with Gasteiger partial charge in [0.05, 0.1) is 22.6 Å². The molecule has 0 saturated heterocycles. The maximum Gasteiger partial charge on any atom is 0.226 e. The quantitative estimate of drug-likeness (QED) is 0.860. The number of nitrogens with zero attached hydrogens (tertiary/aromatic N) is 1. The largest absolute Gasteiger partial charge is 0.339 e. The first kappa shape index (κ1) is 16.3. The zero-order chi connectivity index (χ0) is 16.3. The fourth-order valence-electron chi connectivity index (χ4n) is 2.03. The van der Waals surface area contributed by atoms with Crippen molar-refractivity contribution in [1.29, 1.82) is 0 Å². The number of rotatable bonds is 4. The fourth-order valence-corrected chi connectivity index (χ4v) is 2.40. The smallest absolute Gasteiger partial charge is 0.226 e. The van der Waals surface area contributed by atoms with Gasteiger partial charge < -0.3 is 10.6 Å². The van der Waals surface area contributed by atoms with Gasteiger partial charge in [-0.3, -0.25) is 4.79 Å². The SMILES string of the molecule is Cc1cc(C)c(Nc2ccc(NC(=O)C(C)C)cn2)c(Cl)c1. The molecule has 0 aliphatic heterocycles. The maximum absolute atomic E-state index is 11.6. The summed E-state index contributed by atoms with van der Waals surface area (Å²) in [5, 5.41) is 6.69. The van der Waals surface area contributed by atoms with Gasteiger partial charge >= 0.3 is 0 Å². The van der Waals surface area contributed by atoms with Crippen LogP contribution in [0.4, 0.5) is 17.2 Å². The lowest BCUT2D eigenvalue weighted by Crippen LogP contribution is -2.17. The highest BCUT2D eigenvalue weighted by Crippen LogP contribution is 2.29. The molecule has 0 unspecified atom stereocenters. The molecule has 1 aromatic carbocycles. The van der Waals surface area contributed by atoms with E-state index in [1.54, 1.807) is 6.20 Å². The number of carbonyl (C=O) groups excluding carboxylic acids is 1. The Morgan fingerprint density at radius 3 is 2.50 bits per heavy atom. The summed E-state index contributed by atoms with van der Waals surface area (Å²) < 4.78 is 0. The third kappa shape index (κ3) is 3.98. The summed E-state index contributed by atoms with van der Waals surface area (Å²) in [6.07, 6.45) is 1.63. The van der Waals surface area contributed by atoms with E-state index < -0.39 is 0 Å². The van der Waals surface area contributed by atoms with Crippen LogP contribution in [0.1, 0.15) is 25.0 Å². The molecule has 0 atom stereocenters. The number of carbonyl (C=O) groups is 1. The van der Waals surface area contributed by atoms with Crippen molar-refractivity contribution in [3.8, 4) is 0 Å². The number of aryl methyl sites for hydroxylation is 2. The zero-order valence-electron chi connectivity index (χ0n) is 13.2. The number of hydrogen-bond donors (Lipinski definition) is 2. The van der Waals surface area contributed by atoms with E-state index in [1.165, 1.54) is 0 Å². The molecule has 0 fully saturated rings. The third-order valence-electron chi connectivity index (χ3n) is 3.24. The number of amides is 1. The molecule has 116 valence electrons. The van der Waals surface area contributed by atoms with E-state index >= 15 is 0 Å². The van der Waals surface area contributed by atoms with Gasteiger partial charge in [-0.25, -0.2) is 4.98 Å². The molecular weight excluding hydrogens is 298 g/mol. The van der Waals surface area contributed by atoms with Gasteiger partial charge in [0.25, 0.3) is 0 Å². The Morgan fingerprint density at radius 1 is 1.23 bits per heavy atom. The number of aromatic nitrogens is 1. The van der Waals surface area contributed by atoms with Crippen molar-refractivity contribution in [2.45, 2.75) is 27.7 Å². The minimum atomic E-state index is -0.0631. The van der Waals surface area contributed by atoms with Crippen LogP contribution in [0, 0.1) is 19.8 Å². The molecular formula is C17H20ClN3O. The molecule has 22 heavy (non-hydrogen) atoms. The van der Waals surface area contributed by atoms with Crippen LogP contribution in [-0.2, 0) is 4.79 Å². The zero-order valence-corrected chi connectivity index (χ0v) is 14.0. The van der Waals surface area contributed by atoms with Gasteiger partial charge in [0.15, 0.2) is 0 Å². The van der Waals surface area contributed by atoms with Crippen LogP contribution in [0.5, 0.6) is 0 Å². The predicted octanol–water partition coefficient (Wildman–Crippen LogP) is 4.69. The third-order valence-corrected chi connectivity index (χ3v) is 3.54. The Hall–Kier alpha value is -2.07. The highest BCUT2D eigenvalue weighted by molar-refractivity contribution is 6.33. The minimum absolute atomic E-state index is 0.0278. The van der Waals surface area contributed by atoms with Crippen molar-refractivity contribution < 1.29 is 4.79 Å². The van der Waals surface area contributed by atoms with E-state index in [1.807, 2.05) is 45.9 Å². The first-order valence-electron chi connectivity index (χ1n) is 7.17. The molecule has 0 radical (unpaired) electrons. The molecule has 0 aliphatic carbocycles. The Morgan fingerprint density at radius 2 is 1.95 bits per heavy atom. The van der Waals surface area contributed by atoms with Crippen molar-refractivity contribution in [3.63, 3.8) is 0 Å². The first-order valence-corrected chi connectivity index (χ1v) is 7.55. The van der Waals surface area contributed by atoms with E-state index in [-0.39, 0.29) is 11.8 Å². The molecule has 4 nitrogen and oxygen atoms in total. The Labute approximate surface area is 135 Å². The van der Waals surface area contributed by atoms with Gasteiger partial charge in [0, 0.05) is 5.92 Å². The number of hydrogen-bond acceptors (Lipinski definition) is 3. The van der Waals surface area contributed by atoms with Crippen LogP contribution < -0.4 is 10.6 Å². The van der Waals surface area contributed by atoms with Crippen LogP contribution in [0.25, 0.3) is 0 Å². The van der Waals surface area contributed by atoms with Gasteiger partial charge in [0.1, 0.15) is 5.82 Å². The molecule has 1 aromatic heterocycles. The Kier molecular flexibility index (Phi) is 5.03. The van der Waals surface area contributed by atoms with E-state index in [0.717, 1.165) is 16.8 Å². The molecule has 1 heterocycles. The summed E-state index contributed by atoms with van der Waals surface area (Å²) in [6.45, 7) is 7.70. The normalized spacial score (nSPS) is 10.6. The van der Waals surface area contributed by atoms with Gasteiger partial charge in [0.2, 0.25) is 5.91 Å². The summed E-state index contributed by atoms with van der Waals surface area (Å²) in [4.78, 5) is 15.9. The second-order valence-electron chi connectivity index (χ2n) is 5.64. The molecule has 2 N–H and O–H groups in total. The second kappa shape index (κ2) is 6.79. The number of anilines is 3. The van der Waals surface area contributed by atoms with Crippen LogP contribution >= 0.6 is 11.6 Å². The van der Waals surface area contributed by atoms with Crippen molar-refractivity contribution >= 4 is 34.7 Å². The lowest BCUT2D eigenvalue weighted by atomic mass is 10.1. The van der Waals surface area contributed by atoms with E-state index in [4.69, 9.17) is 11.6 Å². The van der Waals surface area contributed by atoms with Crippen molar-refractivity contribution in [2.75, 3.05) is 10.6 Å². The van der Waals surface area contributed by atoms with Crippen LogP contribution in [0.2, 0.25) is 5.02 Å². The highest BCUT2D eigenvalue weighted by Gasteiger charge is 2.09. The van der Waals surface area contributed by atoms with Crippen LogP contribution in [0.3, 0.4) is 0 Å². The minimum Gasteiger partial charge on any atom is -0.339 e. The summed E-state index contributed by atoms with van der Waals surface area (Å²) in [7, 11) is 0. The number of benzene rings is 1. The van der Waals surface area contributed by atoms with Crippen molar-refractivity contribution in [3.05, 3.63) is 46.6 Å². The van der Waals surface area contributed by atoms with Crippen LogP contribution in [-0.4, -0.2) is 10.9 Å². The average molecular weight is 318 g/mol. The van der Waals surface area contributed by atoms with Gasteiger partial charge in [-0.1, -0.05) is 31.5 Å².